The van der Waals surface area contributed by atoms with Gasteiger partial charge in [-0.1, -0.05) is 18.2 Å². The Balaban J connectivity index is 2.24. The molecule has 0 saturated carbocycles. The second-order valence-corrected chi connectivity index (χ2v) is 3.77. The average molecular weight is 244 g/mol. The van der Waals surface area contributed by atoms with E-state index in [4.69, 9.17) is 12.2 Å². The maximum Gasteiger partial charge on any atom is 0.200 e. The number of hydrogen-bond acceptors (Lipinski definition) is 4. The van der Waals surface area contributed by atoms with Gasteiger partial charge in [0, 0.05) is 0 Å². The van der Waals surface area contributed by atoms with Crippen LogP contribution in [0.3, 0.4) is 0 Å². The molecule has 0 aliphatic rings. The molecule has 0 fully saturated rings. The first kappa shape index (κ1) is 9.91. The summed E-state index contributed by atoms with van der Waals surface area (Å²) in [7, 11) is 0. The van der Waals surface area contributed by atoms with Crippen LogP contribution in [0.4, 0.5) is 0 Å². The Labute approximate surface area is 101 Å². The molecule has 0 amide bonds. The number of rotatable bonds is 2. The molecule has 2 heterocycles. The van der Waals surface area contributed by atoms with Gasteiger partial charge in [0.05, 0.1) is 11.9 Å². The Morgan fingerprint density at radius 3 is 2.65 bits per heavy atom. The monoisotopic (exact) mass is 244 g/mol. The van der Waals surface area contributed by atoms with Crippen molar-refractivity contribution in [3.8, 4) is 17.2 Å². The van der Waals surface area contributed by atoms with Gasteiger partial charge in [-0.15, -0.1) is 0 Å². The van der Waals surface area contributed by atoms with Gasteiger partial charge in [-0.2, -0.15) is 20.5 Å². The van der Waals surface area contributed by atoms with Crippen LogP contribution in [0.2, 0.25) is 0 Å². The zero-order valence-corrected chi connectivity index (χ0v) is 9.48. The second kappa shape index (κ2) is 3.95. The van der Waals surface area contributed by atoms with Gasteiger partial charge in [0.1, 0.15) is 0 Å². The third-order valence-electron chi connectivity index (χ3n) is 2.33. The van der Waals surface area contributed by atoms with Crippen molar-refractivity contribution < 1.29 is 0 Å². The minimum atomic E-state index is 0.522. The van der Waals surface area contributed by atoms with Crippen molar-refractivity contribution in [3.05, 3.63) is 41.3 Å². The van der Waals surface area contributed by atoms with Crippen molar-refractivity contribution in [2.75, 3.05) is 0 Å². The molecular formula is C10H8N6S. The number of hydrogen-bond donors (Lipinski definition) is 2. The number of H-pyrrole nitrogens is 2. The van der Waals surface area contributed by atoms with Crippen molar-refractivity contribution in [3.63, 3.8) is 0 Å². The molecule has 1 aromatic carbocycles. The van der Waals surface area contributed by atoms with Gasteiger partial charge in [0.15, 0.2) is 16.3 Å². The highest BCUT2D eigenvalue weighted by Gasteiger charge is 2.12. The maximum atomic E-state index is 5.22. The quantitative estimate of drug-likeness (QED) is 0.673. The summed E-state index contributed by atoms with van der Waals surface area (Å²) in [4.78, 5) is 0. The van der Waals surface area contributed by atoms with Gasteiger partial charge in [-0.05, 0) is 24.4 Å². The van der Waals surface area contributed by atoms with Crippen LogP contribution in [0, 0.1) is 4.77 Å². The minimum absolute atomic E-state index is 0.522. The molecule has 2 N–H and O–H groups in total. The average Bonchev–Trinajstić information content (AvgIpc) is 2.98. The minimum Gasteiger partial charge on any atom is -0.267 e. The first-order valence-electron chi connectivity index (χ1n) is 4.95. The van der Waals surface area contributed by atoms with E-state index < -0.39 is 0 Å². The normalized spacial score (nSPS) is 10.6. The molecule has 7 heteroatoms. The zero-order chi connectivity index (χ0) is 11.7. The van der Waals surface area contributed by atoms with Crippen molar-refractivity contribution in [1.29, 1.82) is 0 Å². The molecule has 84 valence electrons. The molecule has 0 radical (unpaired) electrons. The molecule has 2 aromatic heterocycles. The van der Waals surface area contributed by atoms with Crippen LogP contribution in [0.1, 0.15) is 0 Å². The van der Waals surface area contributed by atoms with Gasteiger partial charge in [-0.25, -0.2) is 0 Å². The summed E-state index contributed by atoms with van der Waals surface area (Å²) in [6.07, 6.45) is 1.60. The highest BCUT2D eigenvalue weighted by molar-refractivity contribution is 7.71. The van der Waals surface area contributed by atoms with E-state index in [9.17, 15) is 0 Å². The largest absolute Gasteiger partial charge is 0.267 e. The fourth-order valence-corrected chi connectivity index (χ4v) is 1.83. The van der Waals surface area contributed by atoms with Crippen LogP contribution in [0.5, 0.6) is 0 Å². The molecule has 17 heavy (non-hydrogen) atoms. The fourth-order valence-electron chi connectivity index (χ4n) is 1.59. The smallest absolute Gasteiger partial charge is 0.200 e. The topological polar surface area (TPSA) is 75.2 Å². The molecular weight excluding hydrogens is 236 g/mol. The van der Waals surface area contributed by atoms with Crippen LogP contribution in [0.25, 0.3) is 17.2 Å². The van der Waals surface area contributed by atoms with Crippen LogP contribution >= 0.6 is 12.2 Å². The number of benzene rings is 1. The first-order valence-corrected chi connectivity index (χ1v) is 5.36. The second-order valence-electron chi connectivity index (χ2n) is 3.38. The van der Waals surface area contributed by atoms with E-state index in [1.54, 1.807) is 6.20 Å². The highest BCUT2D eigenvalue weighted by atomic mass is 32.1. The predicted molar refractivity (Wildman–Crippen MR) is 64.1 cm³/mol. The summed E-state index contributed by atoms with van der Waals surface area (Å²) >= 11 is 5.22. The van der Waals surface area contributed by atoms with E-state index in [1.807, 2.05) is 34.9 Å². The van der Waals surface area contributed by atoms with Crippen LogP contribution in [-0.2, 0) is 0 Å². The molecule has 0 atom stereocenters. The summed E-state index contributed by atoms with van der Waals surface area (Å²) < 4.78 is 2.34. The summed E-state index contributed by atoms with van der Waals surface area (Å²) in [6.45, 7) is 0. The molecule has 3 rings (SSSR count). The maximum absolute atomic E-state index is 5.22. The van der Waals surface area contributed by atoms with Crippen molar-refractivity contribution >= 4 is 12.2 Å². The van der Waals surface area contributed by atoms with Gasteiger partial charge in [0.2, 0.25) is 0 Å². The lowest BCUT2D eigenvalue weighted by Gasteiger charge is -2.03. The molecule has 6 nitrogen and oxygen atoms in total. The van der Waals surface area contributed by atoms with Gasteiger partial charge < -0.3 is 0 Å². The van der Waals surface area contributed by atoms with Crippen molar-refractivity contribution in [2.45, 2.75) is 0 Å². The standard InChI is InChI=1S/C10H8N6S/c17-10-14-13-9(8-6-11-15-12-8)16(10)7-4-2-1-3-5-7/h1-6H,(H,14,17)(H,11,12,15). The van der Waals surface area contributed by atoms with Gasteiger partial charge in [-0.3, -0.25) is 9.67 Å². The van der Waals surface area contributed by atoms with Crippen molar-refractivity contribution in [2.24, 2.45) is 0 Å². The van der Waals surface area contributed by atoms with E-state index in [2.05, 4.69) is 25.6 Å². The van der Waals surface area contributed by atoms with E-state index in [1.165, 1.54) is 0 Å². The predicted octanol–water partition coefficient (Wildman–Crippen LogP) is 1.71. The van der Waals surface area contributed by atoms with E-state index in [-0.39, 0.29) is 0 Å². The van der Waals surface area contributed by atoms with Gasteiger partial charge >= 0.3 is 0 Å². The summed E-state index contributed by atoms with van der Waals surface area (Å²) in [5.74, 6) is 0.634. The number of nitrogens with one attached hydrogen (secondary N) is 2. The van der Waals surface area contributed by atoms with Crippen LogP contribution in [-0.4, -0.2) is 30.2 Å². The Bertz CT molecular complexity index is 666. The molecule has 0 saturated heterocycles. The van der Waals surface area contributed by atoms with Gasteiger partial charge in [0.25, 0.3) is 0 Å². The van der Waals surface area contributed by atoms with Crippen LogP contribution in [0.15, 0.2) is 36.5 Å². The third kappa shape index (κ3) is 1.66. The van der Waals surface area contributed by atoms with E-state index in [0.717, 1.165) is 5.69 Å². The lowest BCUT2D eigenvalue weighted by Crippen LogP contribution is -1.97. The molecule has 3 aromatic rings. The number of aromatic amines is 2. The third-order valence-corrected chi connectivity index (χ3v) is 2.60. The number of aromatic nitrogens is 6. The number of para-hydroxylation sites is 1. The fraction of sp³-hybridized carbons (Fsp3) is 0. The highest BCUT2D eigenvalue weighted by Crippen LogP contribution is 2.18. The SMILES string of the molecule is S=c1[nH]nc(-c2cn[nH]n2)n1-c1ccccc1. The van der Waals surface area contributed by atoms with Crippen LogP contribution < -0.4 is 0 Å². The lowest BCUT2D eigenvalue weighted by molar-refractivity contribution is 0.934. The number of nitrogens with zero attached hydrogens (tertiary/aromatic N) is 4. The van der Waals surface area contributed by atoms with E-state index in [0.29, 0.717) is 16.3 Å². The Hall–Kier alpha value is -2.28. The summed E-state index contributed by atoms with van der Waals surface area (Å²) in [5.41, 5.74) is 1.57. The molecule has 0 bridgehead atoms. The lowest BCUT2D eigenvalue weighted by atomic mass is 10.3. The zero-order valence-electron chi connectivity index (χ0n) is 8.66. The Morgan fingerprint density at radius 2 is 1.94 bits per heavy atom. The van der Waals surface area contributed by atoms with E-state index >= 15 is 0 Å². The summed E-state index contributed by atoms with van der Waals surface area (Å²) in [5, 5.41) is 17.2. The molecule has 0 spiro atoms. The Kier molecular flexibility index (Phi) is 2.30. The van der Waals surface area contributed by atoms with Crippen molar-refractivity contribution in [1.82, 2.24) is 30.2 Å². The summed E-state index contributed by atoms with van der Waals surface area (Å²) in [6, 6.07) is 9.74. The molecule has 0 aliphatic carbocycles. The first-order chi connectivity index (χ1) is 8.36. The molecule has 0 unspecified atom stereocenters. The molecule has 0 aliphatic heterocycles. The Morgan fingerprint density at radius 1 is 1.12 bits per heavy atom.